The Kier molecular flexibility index (Phi) is 4.18. The summed E-state index contributed by atoms with van der Waals surface area (Å²) in [7, 11) is 0. The summed E-state index contributed by atoms with van der Waals surface area (Å²) in [5, 5.41) is -0.111. The molecule has 1 aliphatic rings. The van der Waals surface area contributed by atoms with Crippen molar-refractivity contribution in [3.8, 4) is 0 Å². The van der Waals surface area contributed by atoms with Crippen molar-refractivity contribution >= 4 is 22.8 Å². The number of nitrogens with zero attached hydrogens (tertiary/aromatic N) is 4. The fourth-order valence-corrected chi connectivity index (χ4v) is 3.38. The monoisotopic (exact) mass is 306 g/mol. The van der Waals surface area contributed by atoms with E-state index in [1.165, 1.54) is 25.9 Å². The van der Waals surface area contributed by atoms with Crippen molar-refractivity contribution < 1.29 is 0 Å². The number of rotatable bonds is 4. The minimum absolute atomic E-state index is 0.111. The number of pyridine rings is 1. The first kappa shape index (κ1) is 14.8. The Morgan fingerprint density at radius 3 is 2.57 bits per heavy atom. The number of hydrogen-bond acceptors (Lipinski definition) is 3. The van der Waals surface area contributed by atoms with E-state index in [9.17, 15) is 0 Å². The predicted molar refractivity (Wildman–Crippen MR) is 86.9 cm³/mol. The fraction of sp³-hybridized carbons (Fsp3) is 0.625. The molecule has 2 aromatic rings. The zero-order chi connectivity index (χ0) is 15.0. The van der Waals surface area contributed by atoms with E-state index in [2.05, 4.69) is 16.4 Å². The largest absolute Gasteiger partial charge is 0.307 e. The smallest absolute Gasteiger partial charge is 0.160 e. The number of alkyl halides is 1. The van der Waals surface area contributed by atoms with Gasteiger partial charge in [-0.15, -0.1) is 11.6 Å². The molecule has 2 unspecified atom stereocenters. The predicted octanol–water partition coefficient (Wildman–Crippen LogP) is 3.70. The molecule has 0 radical (unpaired) electrons. The third-order valence-electron chi connectivity index (χ3n) is 4.22. The van der Waals surface area contributed by atoms with Gasteiger partial charge in [0.2, 0.25) is 0 Å². The van der Waals surface area contributed by atoms with Gasteiger partial charge in [0.15, 0.2) is 5.65 Å². The van der Waals surface area contributed by atoms with E-state index in [0.717, 1.165) is 29.2 Å². The van der Waals surface area contributed by atoms with Gasteiger partial charge in [0.05, 0.1) is 5.38 Å². The lowest BCUT2D eigenvalue weighted by Crippen LogP contribution is -2.28. The molecule has 0 amide bonds. The van der Waals surface area contributed by atoms with Crippen molar-refractivity contribution in [1.82, 2.24) is 19.4 Å². The van der Waals surface area contributed by atoms with E-state index in [4.69, 9.17) is 21.6 Å². The Morgan fingerprint density at radius 1 is 1.19 bits per heavy atom. The van der Waals surface area contributed by atoms with Crippen LogP contribution in [-0.4, -0.2) is 39.1 Å². The fourth-order valence-electron chi connectivity index (χ4n) is 3.22. The van der Waals surface area contributed by atoms with Gasteiger partial charge in [-0.1, -0.05) is 0 Å². The van der Waals surface area contributed by atoms with Gasteiger partial charge >= 0.3 is 0 Å². The Labute approximate surface area is 131 Å². The minimum atomic E-state index is -0.111. The normalized spacial score (nSPS) is 19.2. The first-order chi connectivity index (χ1) is 10.1. The summed E-state index contributed by atoms with van der Waals surface area (Å²) in [4.78, 5) is 11.9. The zero-order valence-corrected chi connectivity index (χ0v) is 13.8. The number of halogens is 1. The highest BCUT2D eigenvalue weighted by atomic mass is 35.5. The summed E-state index contributed by atoms with van der Waals surface area (Å²) >= 11 is 6.36. The van der Waals surface area contributed by atoms with Gasteiger partial charge in [0, 0.05) is 18.3 Å². The molecule has 114 valence electrons. The maximum atomic E-state index is 6.36. The molecule has 1 saturated heterocycles. The molecule has 1 fully saturated rings. The van der Waals surface area contributed by atoms with Crippen LogP contribution in [0.2, 0.25) is 0 Å². The van der Waals surface area contributed by atoms with Crippen molar-refractivity contribution in [2.75, 3.05) is 19.6 Å². The van der Waals surface area contributed by atoms with Gasteiger partial charge in [0.25, 0.3) is 0 Å². The van der Waals surface area contributed by atoms with Crippen LogP contribution in [-0.2, 0) is 0 Å². The van der Waals surface area contributed by atoms with Crippen molar-refractivity contribution in [1.29, 1.82) is 0 Å². The summed E-state index contributed by atoms with van der Waals surface area (Å²) < 4.78 is 2.23. The van der Waals surface area contributed by atoms with Crippen LogP contribution in [0.25, 0.3) is 11.2 Å². The lowest BCUT2D eigenvalue weighted by Gasteiger charge is -2.23. The quantitative estimate of drug-likeness (QED) is 0.808. The second-order valence-electron chi connectivity index (χ2n) is 6.11. The molecule has 3 rings (SSSR count). The topological polar surface area (TPSA) is 34.0 Å². The summed E-state index contributed by atoms with van der Waals surface area (Å²) in [5.74, 6) is 0.927. The Balaban J connectivity index is 2.00. The summed E-state index contributed by atoms with van der Waals surface area (Å²) in [6.07, 6.45) is 2.63. The minimum Gasteiger partial charge on any atom is -0.307 e. The third-order valence-corrected chi connectivity index (χ3v) is 4.42. The molecule has 2 aromatic heterocycles. The molecule has 0 N–H and O–H groups in total. The maximum absolute atomic E-state index is 6.36. The number of likely N-dealkylation sites (tertiary alicyclic amines) is 1. The third kappa shape index (κ3) is 2.92. The van der Waals surface area contributed by atoms with Gasteiger partial charge < -0.3 is 9.47 Å². The van der Waals surface area contributed by atoms with E-state index >= 15 is 0 Å². The Hall–Kier alpha value is -1.13. The standard InChI is InChI=1S/C16H23ClN4/c1-11-6-7-14-16(18-11)21(15(19-14)13(3)17)12(2)10-20-8-4-5-9-20/h6-7,12-13H,4-5,8-10H2,1-3H3. The van der Waals surface area contributed by atoms with Crippen LogP contribution in [0, 0.1) is 6.92 Å². The summed E-state index contributed by atoms with van der Waals surface area (Å²) in [5.41, 5.74) is 2.92. The van der Waals surface area contributed by atoms with Crippen LogP contribution in [0.4, 0.5) is 0 Å². The second kappa shape index (κ2) is 5.93. The van der Waals surface area contributed by atoms with E-state index in [0.29, 0.717) is 6.04 Å². The zero-order valence-electron chi connectivity index (χ0n) is 13.0. The van der Waals surface area contributed by atoms with Crippen molar-refractivity contribution in [3.63, 3.8) is 0 Å². The highest BCUT2D eigenvalue weighted by molar-refractivity contribution is 6.20. The molecule has 5 heteroatoms. The summed E-state index contributed by atoms with van der Waals surface area (Å²) in [6, 6.07) is 4.38. The number of hydrogen-bond donors (Lipinski definition) is 0. The molecule has 0 saturated carbocycles. The summed E-state index contributed by atoms with van der Waals surface area (Å²) in [6.45, 7) is 9.69. The molecule has 3 heterocycles. The van der Waals surface area contributed by atoms with Gasteiger partial charge in [0.1, 0.15) is 11.3 Å². The first-order valence-corrected chi connectivity index (χ1v) is 8.22. The number of fused-ring (bicyclic) bond motifs is 1. The highest BCUT2D eigenvalue weighted by Crippen LogP contribution is 2.28. The molecule has 21 heavy (non-hydrogen) atoms. The molecule has 0 aromatic carbocycles. The van der Waals surface area contributed by atoms with E-state index in [1.54, 1.807) is 0 Å². The lowest BCUT2D eigenvalue weighted by molar-refractivity contribution is 0.287. The van der Waals surface area contributed by atoms with Crippen molar-refractivity contribution in [2.24, 2.45) is 0 Å². The molecular formula is C16H23ClN4. The van der Waals surface area contributed by atoms with Gasteiger partial charge in [-0.25, -0.2) is 9.97 Å². The Bertz CT molecular complexity index is 628. The van der Waals surface area contributed by atoms with Gasteiger partial charge in [-0.2, -0.15) is 0 Å². The van der Waals surface area contributed by atoms with Crippen molar-refractivity contribution in [2.45, 2.75) is 45.0 Å². The van der Waals surface area contributed by atoms with Crippen LogP contribution in [0.15, 0.2) is 12.1 Å². The number of aryl methyl sites for hydroxylation is 1. The van der Waals surface area contributed by atoms with Crippen LogP contribution in [0.3, 0.4) is 0 Å². The van der Waals surface area contributed by atoms with Gasteiger partial charge in [-0.05, 0) is 58.8 Å². The van der Waals surface area contributed by atoms with E-state index < -0.39 is 0 Å². The molecule has 0 bridgehead atoms. The molecular weight excluding hydrogens is 284 g/mol. The van der Waals surface area contributed by atoms with Crippen LogP contribution < -0.4 is 0 Å². The molecule has 0 spiro atoms. The number of aromatic nitrogens is 3. The second-order valence-corrected chi connectivity index (χ2v) is 6.76. The van der Waals surface area contributed by atoms with Crippen LogP contribution in [0.5, 0.6) is 0 Å². The van der Waals surface area contributed by atoms with E-state index in [1.807, 2.05) is 26.0 Å². The SMILES string of the molecule is Cc1ccc2nc(C(C)Cl)n(C(C)CN3CCCC3)c2n1. The van der Waals surface area contributed by atoms with Crippen LogP contribution in [0.1, 0.15) is 49.6 Å². The van der Waals surface area contributed by atoms with Crippen molar-refractivity contribution in [3.05, 3.63) is 23.7 Å². The molecule has 0 aliphatic carbocycles. The lowest BCUT2D eigenvalue weighted by atomic mass is 10.2. The highest BCUT2D eigenvalue weighted by Gasteiger charge is 2.22. The first-order valence-electron chi connectivity index (χ1n) is 7.78. The van der Waals surface area contributed by atoms with Gasteiger partial charge in [-0.3, -0.25) is 0 Å². The number of imidazole rings is 1. The molecule has 1 aliphatic heterocycles. The average Bonchev–Trinajstić information content (AvgIpc) is 3.04. The average molecular weight is 307 g/mol. The Morgan fingerprint density at radius 2 is 1.90 bits per heavy atom. The van der Waals surface area contributed by atoms with E-state index in [-0.39, 0.29) is 5.38 Å². The molecule has 2 atom stereocenters. The van der Waals surface area contributed by atoms with Crippen LogP contribution >= 0.6 is 11.6 Å². The maximum Gasteiger partial charge on any atom is 0.160 e. The molecule has 4 nitrogen and oxygen atoms in total.